The second kappa shape index (κ2) is 6.04. The average Bonchev–Trinajstić information content (AvgIpc) is 3.15. The van der Waals surface area contributed by atoms with Crippen LogP contribution in [0.15, 0.2) is 18.2 Å². The second-order valence-electron chi connectivity index (χ2n) is 6.89. The SMILES string of the molecule is O=C(Cc1ccc2c(c1)OCO2)NC1COC2(CCCCC2)C1. The Morgan fingerprint density at radius 2 is 2.00 bits per heavy atom. The molecule has 3 aliphatic rings. The van der Waals surface area contributed by atoms with Gasteiger partial charge in [-0.3, -0.25) is 4.79 Å². The van der Waals surface area contributed by atoms with Crippen LogP contribution in [0.1, 0.15) is 44.1 Å². The molecule has 2 heterocycles. The maximum Gasteiger partial charge on any atom is 0.231 e. The van der Waals surface area contributed by atoms with Gasteiger partial charge in [0.1, 0.15) is 0 Å². The monoisotopic (exact) mass is 317 g/mol. The molecule has 1 unspecified atom stereocenters. The Bertz CT molecular complexity index is 595. The summed E-state index contributed by atoms with van der Waals surface area (Å²) < 4.78 is 16.7. The lowest BCUT2D eigenvalue weighted by Crippen LogP contribution is -2.38. The second-order valence-corrected chi connectivity index (χ2v) is 6.89. The van der Waals surface area contributed by atoms with Gasteiger partial charge in [0.2, 0.25) is 12.7 Å². The van der Waals surface area contributed by atoms with Gasteiger partial charge in [0, 0.05) is 0 Å². The van der Waals surface area contributed by atoms with Crippen molar-refractivity contribution in [2.24, 2.45) is 0 Å². The first-order valence-electron chi connectivity index (χ1n) is 8.54. The molecular weight excluding hydrogens is 294 g/mol. The van der Waals surface area contributed by atoms with Crippen LogP contribution in [0.25, 0.3) is 0 Å². The molecule has 2 aliphatic heterocycles. The zero-order chi connectivity index (χ0) is 15.7. The van der Waals surface area contributed by atoms with Crippen molar-refractivity contribution in [1.29, 1.82) is 0 Å². The van der Waals surface area contributed by atoms with E-state index in [-0.39, 0.29) is 24.3 Å². The number of amides is 1. The highest BCUT2D eigenvalue weighted by atomic mass is 16.7. The molecule has 4 rings (SSSR count). The van der Waals surface area contributed by atoms with E-state index in [1.165, 1.54) is 19.3 Å². The maximum absolute atomic E-state index is 12.3. The minimum atomic E-state index is 0.0367. The van der Waals surface area contributed by atoms with Gasteiger partial charge in [0.05, 0.1) is 24.7 Å². The van der Waals surface area contributed by atoms with Gasteiger partial charge in [-0.1, -0.05) is 25.3 Å². The van der Waals surface area contributed by atoms with Gasteiger partial charge >= 0.3 is 0 Å². The van der Waals surface area contributed by atoms with E-state index in [0.29, 0.717) is 13.0 Å². The number of ether oxygens (including phenoxy) is 3. The van der Waals surface area contributed by atoms with E-state index in [9.17, 15) is 4.79 Å². The first kappa shape index (κ1) is 14.8. The zero-order valence-electron chi connectivity index (χ0n) is 13.3. The number of nitrogens with one attached hydrogen (secondary N) is 1. The van der Waals surface area contributed by atoms with E-state index in [2.05, 4.69) is 5.32 Å². The van der Waals surface area contributed by atoms with Crippen molar-refractivity contribution < 1.29 is 19.0 Å². The summed E-state index contributed by atoms with van der Waals surface area (Å²) >= 11 is 0. The summed E-state index contributed by atoms with van der Waals surface area (Å²) in [6, 6.07) is 5.81. The van der Waals surface area contributed by atoms with Gasteiger partial charge < -0.3 is 19.5 Å². The molecule has 1 amide bonds. The van der Waals surface area contributed by atoms with Crippen molar-refractivity contribution in [3.05, 3.63) is 23.8 Å². The smallest absolute Gasteiger partial charge is 0.231 e. The Hall–Kier alpha value is -1.75. The van der Waals surface area contributed by atoms with Gasteiger partial charge in [-0.2, -0.15) is 0 Å². The lowest BCUT2D eigenvalue weighted by molar-refractivity contribution is -0.121. The molecular formula is C18H23NO4. The Morgan fingerprint density at radius 1 is 1.17 bits per heavy atom. The van der Waals surface area contributed by atoms with Gasteiger partial charge in [-0.25, -0.2) is 0 Å². The van der Waals surface area contributed by atoms with Crippen LogP contribution in [0.5, 0.6) is 11.5 Å². The zero-order valence-corrected chi connectivity index (χ0v) is 13.3. The minimum Gasteiger partial charge on any atom is -0.454 e. The number of hydrogen-bond acceptors (Lipinski definition) is 4. The summed E-state index contributed by atoms with van der Waals surface area (Å²) in [7, 11) is 0. The van der Waals surface area contributed by atoms with E-state index in [1.807, 2.05) is 18.2 Å². The molecule has 0 aromatic heterocycles. The summed E-state index contributed by atoms with van der Waals surface area (Å²) in [4.78, 5) is 12.3. The molecule has 1 saturated heterocycles. The molecule has 1 spiro atoms. The molecule has 23 heavy (non-hydrogen) atoms. The normalized spacial score (nSPS) is 24.8. The molecule has 5 nitrogen and oxygen atoms in total. The van der Waals surface area contributed by atoms with Crippen LogP contribution in [0.2, 0.25) is 0 Å². The molecule has 1 aliphatic carbocycles. The lowest BCUT2D eigenvalue weighted by Gasteiger charge is -2.32. The number of hydrogen-bond donors (Lipinski definition) is 1. The fraction of sp³-hybridized carbons (Fsp3) is 0.611. The molecule has 124 valence electrons. The molecule has 1 aromatic rings. The lowest BCUT2D eigenvalue weighted by atomic mass is 9.82. The van der Waals surface area contributed by atoms with Crippen LogP contribution in [0.4, 0.5) is 0 Å². The van der Waals surface area contributed by atoms with Crippen LogP contribution < -0.4 is 14.8 Å². The molecule has 1 atom stereocenters. The largest absolute Gasteiger partial charge is 0.454 e. The summed E-state index contributed by atoms with van der Waals surface area (Å²) in [6.45, 7) is 0.902. The van der Waals surface area contributed by atoms with Gasteiger partial charge in [-0.05, 0) is 37.0 Å². The number of fused-ring (bicyclic) bond motifs is 1. The van der Waals surface area contributed by atoms with Crippen LogP contribution in [-0.4, -0.2) is 30.9 Å². The minimum absolute atomic E-state index is 0.0367. The van der Waals surface area contributed by atoms with Gasteiger partial charge in [0.15, 0.2) is 11.5 Å². The number of carbonyl (C=O) groups excluding carboxylic acids is 1. The van der Waals surface area contributed by atoms with Crippen LogP contribution in [0.3, 0.4) is 0 Å². The van der Waals surface area contributed by atoms with E-state index in [4.69, 9.17) is 14.2 Å². The van der Waals surface area contributed by atoms with Crippen molar-refractivity contribution in [1.82, 2.24) is 5.32 Å². The molecule has 1 saturated carbocycles. The van der Waals surface area contributed by atoms with Crippen molar-refractivity contribution in [2.75, 3.05) is 13.4 Å². The topological polar surface area (TPSA) is 56.8 Å². The van der Waals surface area contributed by atoms with E-state index < -0.39 is 0 Å². The summed E-state index contributed by atoms with van der Waals surface area (Å²) in [5, 5.41) is 3.13. The molecule has 0 bridgehead atoms. The van der Waals surface area contributed by atoms with Crippen molar-refractivity contribution in [3.63, 3.8) is 0 Å². The highest BCUT2D eigenvalue weighted by Gasteiger charge is 2.41. The number of rotatable bonds is 3. The van der Waals surface area contributed by atoms with E-state index >= 15 is 0 Å². The van der Waals surface area contributed by atoms with Crippen LogP contribution in [-0.2, 0) is 16.0 Å². The third-order valence-electron chi connectivity index (χ3n) is 5.14. The summed E-state index contributed by atoms with van der Waals surface area (Å²) in [5.74, 6) is 1.52. The van der Waals surface area contributed by atoms with Gasteiger partial charge in [-0.15, -0.1) is 0 Å². The fourth-order valence-electron chi connectivity index (χ4n) is 4.00. The quantitative estimate of drug-likeness (QED) is 0.931. The average molecular weight is 317 g/mol. The Morgan fingerprint density at radius 3 is 2.87 bits per heavy atom. The Kier molecular flexibility index (Phi) is 3.89. The first-order valence-corrected chi connectivity index (χ1v) is 8.54. The van der Waals surface area contributed by atoms with Crippen LogP contribution in [0, 0.1) is 0 Å². The Labute approximate surface area is 136 Å². The van der Waals surface area contributed by atoms with Gasteiger partial charge in [0.25, 0.3) is 0 Å². The van der Waals surface area contributed by atoms with E-state index in [1.54, 1.807) is 0 Å². The van der Waals surface area contributed by atoms with Crippen molar-refractivity contribution in [3.8, 4) is 11.5 Å². The third kappa shape index (κ3) is 3.15. The fourth-order valence-corrected chi connectivity index (χ4v) is 4.00. The molecule has 1 aromatic carbocycles. The highest BCUT2D eigenvalue weighted by Crippen LogP contribution is 2.39. The van der Waals surface area contributed by atoms with Crippen molar-refractivity contribution >= 4 is 5.91 Å². The maximum atomic E-state index is 12.3. The third-order valence-corrected chi connectivity index (χ3v) is 5.14. The van der Waals surface area contributed by atoms with Crippen molar-refractivity contribution in [2.45, 2.75) is 56.6 Å². The Balaban J connectivity index is 1.32. The van der Waals surface area contributed by atoms with E-state index in [0.717, 1.165) is 36.3 Å². The molecule has 1 N–H and O–H groups in total. The first-order chi connectivity index (χ1) is 11.2. The summed E-state index contributed by atoms with van der Waals surface area (Å²) in [5.41, 5.74) is 0.979. The standard InChI is InChI=1S/C18H23NO4/c20-17(9-13-4-5-15-16(8-13)22-12-21-15)19-14-10-18(23-11-14)6-2-1-3-7-18/h4-5,8,14H,1-3,6-7,9-12H2,(H,19,20). The predicted molar refractivity (Wildman–Crippen MR) is 84.6 cm³/mol. The summed E-state index contributed by atoms with van der Waals surface area (Å²) in [6.07, 6.45) is 7.41. The molecule has 2 fully saturated rings. The molecule has 5 heteroatoms. The predicted octanol–water partition coefficient (Wildman–Crippen LogP) is 2.57. The number of benzene rings is 1. The van der Waals surface area contributed by atoms with Crippen LogP contribution >= 0.6 is 0 Å². The number of carbonyl (C=O) groups is 1. The molecule has 0 radical (unpaired) electrons. The highest BCUT2D eigenvalue weighted by molar-refractivity contribution is 5.79.